The number of ether oxygens (including phenoxy) is 2. The van der Waals surface area contributed by atoms with Crippen molar-refractivity contribution in [2.24, 2.45) is 0 Å². The van der Waals surface area contributed by atoms with E-state index in [0.717, 1.165) is 11.3 Å². The largest absolute Gasteiger partial charge is 0.493 e. The van der Waals surface area contributed by atoms with E-state index in [1.807, 2.05) is 53.4 Å². The number of nitrogens with zero attached hydrogens (tertiary/aromatic N) is 2. The lowest BCUT2D eigenvalue weighted by Crippen LogP contribution is -2.62. The zero-order valence-electron chi connectivity index (χ0n) is 17.2. The molecular formula is C22H26N2O5S. The highest BCUT2D eigenvalue weighted by atomic mass is 32.2. The van der Waals surface area contributed by atoms with Crippen LogP contribution in [0.4, 0.5) is 5.69 Å². The van der Waals surface area contributed by atoms with Gasteiger partial charge in [-0.2, -0.15) is 0 Å². The Balaban J connectivity index is 1.55. The quantitative estimate of drug-likeness (QED) is 0.695. The second-order valence-corrected chi connectivity index (χ2v) is 9.87. The van der Waals surface area contributed by atoms with Gasteiger partial charge in [0.1, 0.15) is 0 Å². The van der Waals surface area contributed by atoms with Crippen molar-refractivity contribution in [3.63, 3.8) is 0 Å². The Bertz CT molecular complexity index is 1030. The van der Waals surface area contributed by atoms with Gasteiger partial charge in [-0.05, 0) is 36.2 Å². The molecule has 2 heterocycles. The highest BCUT2D eigenvalue weighted by Gasteiger charge is 2.49. The highest BCUT2D eigenvalue weighted by Crippen LogP contribution is 2.32. The number of hydrogen-bond donors (Lipinski definition) is 0. The van der Waals surface area contributed by atoms with Crippen LogP contribution in [-0.4, -0.2) is 70.1 Å². The number of para-hydroxylation sites is 1. The van der Waals surface area contributed by atoms with E-state index in [2.05, 4.69) is 0 Å². The summed E-state index contributed by atoms with van der Waals surface area (Å²) in [6, 6.07) is 14.5. The fraction of sp³-hybridized carbons (Fsp3) is 0.409. The zero-order valence-corrected chi connectivity index (χ0v) is 18.0. The number of anilines is 1. The molecule has 0 radical (unpaired) electrons. The normalized spacial score (nSPS) is 23.3. The van der Waals surface area contributed by atoms with Crippen molar-refractivity contribution < 1.29 is 22.7 Å². The van der Waals surface area contributed by atoms with Crippen molar-refractivity contribution in [3.05, 3.63) is 54.1 Å². The van der Waals surface area contributed by atoms with Crippen molar-refractivity contribution in [2.45, 2.75) is 18.5 Å². The minimum atomic E-state index is -3.20. The van der Waals surface area contributed by atoms with E-state index >= 15 is 0 Å². The molecular weight excluding hydrogens is 404 g/mol. The van der Waals surface area contributed by atoms with Crippen LogP contribution in [0.1, 0.15) is 5.56 Å². The topological polar surface area (TPSA) is 76.2 Å². The molecule has 7 nitrogen and oxygen atoms in total. The number of carbonyl (C=O) groups is 1. The molecule has 0 unspecified atom stereocenters. The van der Waals surface area contributed by atoms with Gasteiger partial charge in [0.05, 0.1) is 38.3 Å². The maximum absolute atomic E-state index is 13.0. The fourth-order valence-corrected chi connectivity index (χ4v) is 6.42. The summed E-state index contributed by atoms with van der Waals surface area (Å²) in [7, 11) is -0.0132. The molecule has 160 valence electrons. The van der Waals surface area contributed by atoms with Gasteiger partial charge in [-0.15, -0.1) is 0 Å². The van der Waals surface area contributed by atoms with Crippen LogP contribution in [0.2, 0.25) is 0 Å². The Morgan fingerprint density at radius 3 is 2.37 bits per heavy atom. The van der Waals surface area contributed by atoms with Crippen LogP contribution >= 0.6 is 0 Å². The molecule has 2 atom stereocenters. The summed E-state index contributed by atoms with van der Waals surface area (Å²) in [5, 5.41) is 0. The van der Waals surface area contributed by atoms with E-state index in [-0.39, 0.29) is 36.0 Å². The minimum Gasteiger partial charge on any atom is -0.493 e. The molecule has 0 saturated carbocycles. The molecule has 8 heteroatoms. The van der Waals surface area contributed by atoms with Gasteiger partial charge in [0.25, 0.3) is 0 Å². The number of benzene rings is 2. The second-order valence-electron chi connectivity index (χ2n) is 7.72. The fourth-order valence-electron chi connectivity index (χ4n) is 4.44. The molecule has 2 saturated heterocycles. The van der Waals surface area contributed by atoms with Gasteiger partial charge in [-0.1, -0.05) is 24.3 Å². The molecule has 4 rings (SSSR count). The summed E-state index contributed by atoms with van der Waals surface area (Å²) in [6.45, 7) is 0.805. The molecule has 0 spiro atoms. The third-order valence-electron chi connectivity index (χ3n) is 5.87. The van der Waals surface area contributed by atoms with E-state index in [1.54, 1.807) is 19.1 Å². The second kappa shape index (κ2) is 8.28. The molecule has 0 N–H and O–H groups in total. The first-order valence-electron chi connectivity index (χ1n) is 9.94. The van der Waals surface area contributed by atoms with Crippen LogP contribution in [0, 0.1) is 0 Å². The molecule has 2 aromatic rings. The van der Waals surface area contributed by atoms with Crippen LogP contribution in [0.25, 0.3) is 0 Å². The predicted molar refractivity (Wildman–Crippen MR) is 115 cm³/mol. The van der Waals surface area contributed by atoms with E-state index in [4.69, 9.17) is 9.47 Å². The van der Waals surface area contributed by atoms with Crippen LogP contribution in [0.3, 0.4) is 0 Å². The number of carbonyl (C=O) groups excluding carboxylic acids is 1. The third-order valence-corrected chi connectivity index (χ3v) is 7.57. The van der Waals surface area contributed by atoms with E-state index < -0.39 is 9.84 Å². The lowest BCUT2D eigenvalue weighted by molar-refractivity contribution is -0.123. The molecule has 30 heavy (non-hydrogen) atoms. The Morgan fingerprint density at radius 1 is 0.967 bits per heavy atom. The van der Waals surface area contributed by atoms with Crippen molar-refractivity contribution in [1.82, 2.24) is 4.90 Å². The number of piperazine rings is 1. The molecule has 1 amide bonds. The van der Waals surface area contributed by atoms with Gasteiger partial charge in [0.2, 0.25) is 5.91 Å². The molecule has 0 aliphatic carbocycles. The zero-order chi connectivity index (χ0) is 21.3. The minimum absolute atomic E-state index is 0.00512. The van der Waals surface area contributed by atoms with Gasteiger partial charge in [-0.3, -0.25) is 9.69 Å². The number of rotatable bonds is 6. The lowest BCUT2D eigenvalue weighted by Gasteiger charge is -2.43. The van der Waals surface area contributed by atoms with Gasteiger partial charge in [-0.25, -0.2) is 8.42 Å². The average Bonchev–Trinajstić information content (AvgIpc) is 3.07. The smallest absolute Gasteiger partial charge is 0.241 e. The van der Waals surface area contributed by atoms with Crippen molar-refractivity contribution in [1.29, 1.82) is 0 Å². The maximum atomic E-state index is 13.0. The summed E-state index contributed by atoms with van der Waals surface area (Å²) in [4.78, 5) is 16.7. The number of amides is 1. The van der Waals surface area contributed by atoms with Crippen LogP contribution in [-0.2, 0) is 21.1 Å². The predicted octanol–water partition coefficient (Wildman–Crippen LogP) is 1.76. The monoisotopic (exact) mass is 430 g/mol. The number of sulfone groups is 1. The molecule has 0 bridgehead atoms. The van der Waals surface area contributed by atoms with Gasteiger partial charge in [0, 0.05) is 18.3 Å². The highest BCUT2D eigenvalue weighted by molar-refractivity contribution is 7.91. The van der Waals surface area contributed by atoms with E-state index in [0.29, 0.717) is 24.5 Å². The van der Waals surface area contributed by atoms with Crippen LogP contribution in [0.5, 0.6) is 11.5 Å². The Morgan fingerprint density at radius 2 is 1.67 bits per heavy atom. The van der Waals surface area contributed by atoms with Crippen LogP contribution < -0.4 is 14.4 Å². The standard InChI is InChI=1S/C22H26N2O5S/c1-28-20-9-8-16(12-21(20)29-2)10-11-23-13-22(25)24(17-6-4-3-5-7-17)19-15-30(26,27)14-18(19)23/h3-9,12,18-19H,10-11,13-15H2,1-2H3/t18-,19-/m1/s1. The summed E-state index contributed by atoms with van der Waals surface area (Å²) in [5.41, 5.74) is 1.80. The first-order valence-corrected chi connectivity index (χ1v) is 11.8. The van der Waals surface area contributed by atoms with E-state index in [1.165, 1.54) is 0 Å². The molecule has 2 aliphatic heterocycles. The summed E-state index contributed by atoms with van der Waals surface area (Å²) in [6.07, 6.45) is 0.683. The Labute approximate surface area is 177 Å². The third kappa shape index (κ3) is 4.02. The molecule has 0 aromatic heterocycles. The molecule has 2 fully saturated rings. The lowest BCUT2D eigenvalue weighted by atomic mass is 10.0. The van der Waals surface area contributed by atoms with Crippen molar-refractivity contribution in [3.8, 4) is 11.5 Å². The van der Waals surface area contributed by atoms with Crippen molar-refractivity contribution >= 4 is 21.4 Å². The van der Waals surface area contributed by atoms with Gasteiger partial charge < -0.3 is 14.4 Å². The van der Waals surface area contributed by atoms with E-state index in [9.17, 15) is 13.2 Å². The Hall–Kier alpha value is -2.58. The summed E-state index contributed by atoms with van der Waals surface area (Å²) in [5.74, 6) is 1.34. The SMILES string of the molecule is COc1ccc(CCN2CC(=O)N(c3ccccc3)[C@@H]3CS(=O)(=O)C[C@H]32)cc1OC. The van der Waals surface area contributed by atoms with Crippen molar-refractivity contribution in [2.75, 3.05) is 43.7 Å². The summed E-state index contributed by atoms with van der Waals surface area (Å²) < 4.78 is 35.6. The number of hydrogen-bond acceptors (Lipinski definition) is 6. The molecule has 2 aliphatic rings. The van der Waals surface area contributed by atoms with Crippen LogP contribution in [0.15, 0.2) is 48.5 Å². The van der Waals surface area contributed by atoms with Gasteiger partial charge >= 0.3 is 0 Å². The number of fused-ring (bicyclic) bond motifs is 1. The first kappa shape index (κ1) is 20.7. The maximum Gasteiger partial charge on any atom is 0.241 e. The van der Waals surface area contributed by atoms with Gasteiger partial charge in [0.15, 0.2) is 21.3 Å². The number of methoxy groups -OCH3 is 2. The Kier molecular flexibility index (Phi) is 5.71. The summed E-state index contributed by atoms with van der Waals surface area (Å²) >= 11 is 0. The first-order chi connectivity index (χ1) is 14.4. The average molecular weight is 431 g/mol. The molecule has 2 aromatic carbocycles.